The number of Topliss-reactive ketones (excluding diaryl/α,β-unsaturated/α-hetero) is 1. The van der Waals surface area contributed by atoms with Crippen LogP contribution >= 0.6 is 0 Å². The third-order valence-electron chi connectivity index (χ3n) is 3.79. The van der Waals surface area contributed by atoms with Gasteiger partial charge >= 0.3 is 0 Å². The van der Waals surface area contributed by atoms with Crippen LogP contribution in [0.25, 0.3) is 0 Å². The molecule has 3 rings (SSSR count). The lowest BCUT2D eigenvalue weighted by Gasteiger charge is -2.23. The van der Waals surface area contributed by atoms with E-state index in [9.17, 15) is 4.79 Å². The van der Waals surface area contributed by atoms with Gasteiger partial charge in [0.05, 0.1) is 19.1 Å². The van der Waals surface area contributed by atoms with Crippen LogP contribution in [0, 0.1) is 0 Å². The summed E-state index contributed by atoms with van der Waals surface area (Å²) in [4.78, 5) is 18.8. The monoisotopic (exact) mass is 309 g/mol. The van der Waals surface area contributed by atoms with Crippen molar-refractivity contribution in [3.63, 3.8) is 0 Å². The van der Waals surface area contributed by atoms with Gasteiger partial charge in [-0.3, -0.25) is 9.63 Å². The Morgan fingerprint density at radius 3 is 2.43 bits per heavy atom. The topological polar surface area (TPSA) is 38.8 Å². The second-order valence-electron chi connectivity index (χ2n) is 5.35. The number of hydroxylamine groups is 1. The number of nitrogens with zero attached hydrogens (tertiary/aromatic N) is 1. The maximum absolute atomic E-state index is 12.9. The molecule has 0 saturated carbocycles. The van der Waals surface area contributed by atoms with Crippen LogP contribution in [-0.2, 0) is 9.57 Å². The van der Waals surface area contributed by atoms with Crippen LogP contribution in [0.2, 0.25) is 0 Å². The van der Waals surface area contributed by atoms with E-state index in [1.807, 2.05) is 66.7 Å². The van der Waals surface area contributed by atoms with E-state index in [1.54, 1.807) is 18.4 Å². The molecular formula is C19H19NO3. The van der Waals surface area contributed by atoms with Crippen molar-refractivity contribution in [3.05, 3.63) is 78.6 Å². The largest absolute Gasteiger partial charge is 0.505 e. The molecule has 1 aliphatic heterocycles. The Hall–Kier alpha value is -2.59. The Bertz CT molecular complexity index is 670. The Morgan fingerprint density at radius 1 is 1.13 bits per heavy atom. The first-order valence-electron chi connectivity index (χ1n) is 7.59. The first-order valence-corrected chi connectivity index (χ1v) is 7.59. The van der Waals surface area contributed by atoms with Gasteiger partial charge < -0.3 is 4.74 Å². The highest BCUT2D eigenvalue weighted by Crippen LogP contribution is 2.30. The van der Waals surface area contributed by atoms with Crippen LogP contribution in [0.4, 0.5) is 5.69 Å². The molecule has 1 aliphatic rings. The summed E-state index contributed by atoms with van der Waals surface area (Å²) in [6.07, 6.45) is 3.81. The van der Waals surface area contributed by atoms with Crippen molar-refractivity contribution in [3.8, 4) is 0 Å². The van der Waals surface area contributed by atoms with E-state index in [1.165, 1.54) is 0 Å². The van der Waals surface area contributed by atoms with Gasteiger partial charge in [0.15, 0.2) is 5.78 Å². The highest BCUT2D eigenvalue weighted by atomic mass is 16.7. The molecule has 0 bridgehead atoms. The van der Waals surface area contributed by atoms with Gasteiger partial charge in [-0.15, -0.1) is 0 Å². The highest BCUT2D eigenvalue weighted by Gasteiger charge is 2.37. The SMILES string of the molecule is CO/C=C/C1CC(C(=O)c2ccccc2)N(c2ccccc2)O1. The molecule has 0 radical (unpaired) electrons. The second kappa shape index (κ2) is 7.11. The molecule has 2 atom stereocenters. The minimum absolute atomic E-state index is 0.0581. The van der Waals surface area contributed by atoms with Gasteiger partial charge in [0.25, 0.3) is 0 Å². The third kappa shape index (κ3) is 3.43. The number of rotatable bonds is 5. The number of methoxy groups -OCH3 is 1. The van der Waals surface area contributed by atoms with E-state index in [2.05, 4.69) is 0 Å². The molecule has 1 fully saturated rings. The van der Waals surface area contributed by atoms with Crippen LogP contribution in [0.3, 0.4) is 0 Å². The minimum atomic E-state index is -0.355. The summed E-state index contributed by atoms with van der Waals surface area (Å²) >= 11 is 0. The lowest BCUT2D eigenvalue weighted by Crippen LogP contribution is -2.35. The number of ketones is 1. The fourth-order valence-electron chi connectivity index (χ4n) is 2.68. The van der Waals surface area contributed by atoms with Crippen molar-refractivity contribution in [1.29, 1.82) is 0 Å². The van der Waals surface area contributed by atoms with Crippen molar-refractivity contribution < 1.29 is 14.4 Å². The number of para-hydroxylation sites is 1. The molecule has 4 heteroatoms. The van der Waals surface area contributed by atoms with Crippen LogP contribution in [0.15, 0.2) is 73.0 Å². The van der Waals surface area contributed by atoms with E-state index in [4.69, 9.17) is 9.57 Å². The Balaban J connectivity index is 1.88. The average molecular weight is 309 g/mol. The summed E-state index contributed by atoms with van der Waals surface area (Å²) < 4.78 is 4.96. The van der Waals surface area contributed by atoms with E-state index in [-0.39, 0.29) is 17.9 Å². The van der Waals surface area contributed by atoms with Crippen molar-refractivity contribution in [2.75, 3.05) is 12.2 Å². The molecule has 0 aliphatic carbocycles. The maximum Gasteiger partial charge on any atom is 0.187 e. The molecule has 23 heavy (non-hydrogen) atoms. The zero-order chi connectivity index (χ0) is 16.1. The van der Waals surface area contributed by atoms with Crippen molar-refractivity contribution in [2.45, 2.75) is 18.6 Å². The number of benzene rings is 2. The van der Waals surface area contributed by atoms with E-state index < -0.39 is 0 Å². The number of hydrogen-bond acceptors (Lipinski definition) is 4. The summed E-state index contributed by atoms with van der Waals surface area (Å²) in [6.45, 7) is 0. The molecular weight excluding hydrogens is 290 g/mol. The highest BCUT2D eigenvalue weighted by molar-refractivity contribution is 6.02. The van der Waals surface area contributed by atoms with E-state index >= 15 is 0 Å². The van der Waals surface area contributed by atoms with E-state index in [0.717, 1.165) is 5.69 Å². The van der Waals surface area contributed by atoms with E-state index in [0.29, 0.717) is 12.0 Å². The number of hydrogen-bond donors (Lipinski definition) is 0. The first-order chi connectivity index (χ1) is 11.3. The molecule has 4 nitrogen and oxygen atoms in total. The van der Waals surface area contributed by atoms with Gasteiger partial charge in [0.1, 0.15) is 12.1 Å². The summed E-state index contributed by atoms with van der Waals surface area (Å²) in [5.74, 6) is 0.0581. The average Bonchev–Trinajstić information content (AvgIpc) is 3.05. The predicted molar refractivity (Wildman–Crippen MR) is 89.1 cm³/mol. The van der Waals surface area contributed by atoms with Gasteiger partial charge in [-0.1, -0.05) is 48.5 Å². The fourth-order valence-corrected chi connectivity index (χ4v) is 2.68. The molecule has 0 N–H and O–H groups in total. The fraction of sp³-hybridized carbons (Fsp3) is 0.211. The first kappa shape index (κ1) is 15.3. The smallest absolute Gasteiger partial charge is 0.187 e. The molecule has 0 amide bonds. The zero-order valence-corrected chi connectivity index (χ0v) is 13.0. The predicted octanol–water partition coefficient (Wildman–Crippen LogP) is 3.61. The summed E-state index contributed by atoms with van der Waals surface area (Å²) in [5.41, 5.74) is 1.56. The lowest BCUT2D eigenvalue weighted by atomic mass is 9.99. The van der Waals surface area contributed by atoms with Gasteiger partial charge in [-0.25, -0.2) is 5.06 Å². The van der Waals surface area contributed by atoms with Crippen LogP contribution in [0.5, 0.6) is 0 Å². The molecule has 1 heterocycles. The molecule has 2 unspecified atom stereocenters. The number of carbonyl (C=O) groups is 1. The number of ether oxygens (including phenoxy) is 1. The molecule has 118 valence electrons. The maximum atomic E-state index is 12.9. The van der Waals surface area contributed by atoms with Crippen LogP contribution in [-0.4, -0.2) is 25.0 Å². The van der Waals surface area contributed by atoms with Crippen molar-refractivity contribution in [2.24, 2.45) is 0 Å². The number of anilines is 1. The van der Waals surface area contributed by atoms with Crippen LogP contribution < -0.4 is 5.06 Å². The molecule has 0 spiro atoms. The summed E-state index contributed by atoms with van der Waals surface area (Å²) in [5, 5.41) is 1.71. The lowest BCUT2D eigenvalue weighted by molar-refractivity contribution is 0.0882. The minimum Gasteiger partial charge on any atom is -0.505 e. The standard InChI is InChI=1S/C19H19NO3/c1-22-13-12-17-14-18(19(21)15-8-4-2-5-9-15)20(23-17)16-10-6-3-7-11-16/h2-13,17-18H,14H2,1H3/b13-12+. The Kier molecular flexibility index (Phi) is 4.74. The Morgan fingerprint density at radius 2 is 1.78 bits per heavy atom. The molecule has 2 aromatic carbocycles. The quantitative estimate of drug-likeness (QED) is 0.625. The normalized spacial score (nSPS) is 20.8. The summed E-state index contributed by atoms with van der Waals surface area (Å²) in [6, 6.07) is 18.6. The van der Waals surface area contributed by atoms with Gasteiger partial charge in [0.2, 0.25) is 0 Å². The summed E-state index contributed by atoms with van der Waals surface area (Å²) in [7, 11) is 1.59. The third-order valence-corrected chi connectivity index (χ3v) is 3.79. The number of carbonyl (C=O) groups excluding carboxylic acids is 1. The van der Waals surface area contributed by atoms with Crippen molar-refractivity contribution in [1.82, 2.24) is 0 Å². The Labute approximate surface area is 135 Å². The molecule has 1 saturated heterocycles. The second-order valence-corrected chi connectivity index (χ2v) is 5.35. The molecule has 0 aromatic heterocycles. The zero-order valence-electron chi connectivity index (χ0n) is 13.0. The van der Waals surface area contributed by atoms with Gasteiger partial charge in [-0.05, 0) is 18.2 Å². The van der Waals surface area contributed by atoms with Gasteiger partial charge in [0, 0.05) is 12.0 Å². The van der Waals surface area contributed by atoms with Gasteiger partial charge in [-0.2, -0.15) is 0 Å². The van der Waals surface area contributed by atoms with Crippen molar-refractivity contribution >= 4 is 11.5 Å². The molecule has 2 aromatic rings. The van der Waals surface area contributed by atoms with Crippen LogP contribution in [0.1, 0.15) is 16.8 Å².